The Morgan fingerprint density at radius 3 is 3.00 bits per heavy atom. The van der Waals surface area contributed by atoms with Crippen LogP contribution in [0.2, 0.25) is 0 Å². The lowest BCUT2D eigenvalue weighted by Crippen LogP contribution is -2.55. The molecule has 3 heterocycles. The number of hydrogen-bond acceptors (Lipinski definition) is 5. The van der Waals surface area contributed by atoms with Gasteiger partial charge in [-0.25, -0.2) is 0 Å². The van der Waals surface area contributed by atoms with Crippen molar-refractivity contribution in [2.24, 2.45) is 0 Å². The van der Waals surface area contributed by atoms with Crippen molar-refractivity contribution in [1.82, 2.24) is 9.80 Å². The predicted molar refractivity (Wildman–Crippen MR) is 85.7 cm³/mol. The first-order chi connectivity index (χ1) is 9.97. The van der Waals surface area contributed by atoms with Crippen LogP contribution in [0, 0.1) is 0 Å². The maximum atomic E-state index is 12.6. The van der Waals surface area contributed by atoms with Gasteiger partial charge in [-0.2, -0.15) is 0 Å². The summed E-state index contributed by atoms with van der Waals surface area (Å²) in [5, 5.41) is 11.9. The lowest BCUT2D eigenvalue weighted by molar-refractivity contribution is -0.139. The van der Waals surface area contributed by atoms with Gasteiger partial charge in [-0.1, -0.05) is 0 Å². The molecule has 2 unspecified atom stereocenters. The Hall–Kier alpha value is -1.05. The molecule has 0 spiro atoms. The van der Waals surface area contributed by atoms with E-state index in [4.69, 9.17) is 4.74 Å². The van der Waals surface area contributed by atoms with E-state index in [1.165, 1.54) is 17.4 Å². The lowest BCUT2D eigenvalue weighted by Gasteiger charge is -2.39. The summed E-state index contributed by atoms with van der Waals surface area (Å²) in [6, 6.07) is 0.326. The molecular formula is C14H17BrN2O3S. The molecule has 2 atom stereocenters. The molecule has 3 rings (SSSR count). The van der Waals surface area contributed by atoms with Gasteiger partial charge in [0, 0.05) is 37.1 Å². The molecule has 1 N–H and O–H groups in total. The lowest BCUT2D eigenvalue weighted by atomic mass is 10.1. The van der Waals surface area contributed by atoms with Gasteiger partial charge in [0.1, 0.15) is 10.6 Å². The van der Waals surface area contributed by atoms with Gasteiger partial charge in [-0.05, 0) is 29.9 Å². The van der Waals surface area contributed by atoms with Gasteiger partial charge in [0.2, 0.25) is 0 Å². The third-order valence-corrected chi connectivity index (χ3v) is 5.88. The number of hydrogen-bond donors (Lipinski definition) is 1. The number of aliphatic hydroxyl groups excluding tert-OH is 1. The van der Waals surface area contributed by atoms with E-state index in [2.05, 4.69) is 34.8 Å². The Kier molecular flexibility index (Phi) is 3.98. The van der Waals surface area contributed by atoms with E-state index in [0.717, 1.165) is 11.0 Å². The Morgan fingerprint density at radius 1 is 1.52 bits per heavy atom. The van der Waals surface area contributed by atoms with Crippen LogP contribution in [0.25, 0.3) is 5.76 Å². The first kappa shape index (κ1) is 14.9. The summed E-state index contributed by atoms with van der Waals surface area (Å²) < 4.78 is 6.54. The zero-order valence-electron chi connectivity index (χ0n) is 11.9. The van der Waals surface area contributed by atoms with E-state index < -0.39 is 6.10 Å². The van der Waals surface area contributed by atoms with Crippen molar-refractivity contribution in [3.05, 3.63) is 20.8 Å². The third-order valence-electron chi connectivity index (χ3n) is 4.00. The standard InChI is InChI=1S/C14H17BrN2O3S/c1-8-6-17(4-3-16(8)2)14(19)11-5-10(18)13-12(20-11)9(15)7-21-13/h5,7-8,11,18H,3-4,6H2,1-2H3. The van der Waals surface area contributed by atoms with Crippen LogP contribution in [0.1, 0.15) is 11.8 Å². The average molecular weight is 373 g/mol. The summed E-state index contributed by atoms with van der Waals surface area (Å²) in [5.74, 6) is 0.582. The maximum Gasteiger partial charge on any atom is 0.267 e. The first-order valence-electron chi connectivity index (χ1n) is 6.81. The number of carbonyl (C=O) groups is 1. The molecule has 2 aliphatic heterocycles. The topological polar surface area (TPSA) is 53.0 Å². The van der Waals surface area contributed by atoms with E-state index in [1.807, 2.05) is 10.3 Å². The number of likely N-dealkylation sites (N-methyl/N-ethyl adjacent to an activating group) is 1. The predicted octanol–water partition coefficient (Wildman–Crippen LogP) is 2.33. The Labute approximate surface area is 135 Å². The summed E-state index contributed by atoms with van der Waals surface area (Å²) in [6.07, 6.45) is 0.746. The molecule has 114 valence electrons. The number of thiophene rings is 1. The molecule has 1 fully saturated rings. The fourth-order valence-electron chi connectivity index (χ4n) is 2.54. The van der Waals surface area contributed by atoms with E-state index >= 15 is 0 Å². The molecule has 1 saturated heterocycles. The normalized spacial score (nSPS) is 26.0. The minimum atomic E-state index is -0.751. The van der Waals surface area contributed by atoms with Crippen molar-refractivity contribution in [1.29, 1.82) is 0 Å². The number of piperazine rings is 1. The van der Waals surface area contributed by atoms with Crippen molar-refractivity contribution in [2.45, 2.75) is 19.1 Å². The number of amides is 1. The van der Waals surface area contributed by atoms with Crippen molar-refractivity contribution in [2.75, 3.05) is 26.7 Å². The number of aliphatic hydroxyl groups is 1. The Morgan fingerprint density at radius 2 is 2.29 bits per heavy atom. The number of rotatable bonds is 1. The fourth-order valence-corrected chi connectivity index (χ4v) is 4.03. The van der Waals surface area contributed by atoms with Crippen molar-refractivity contribution >= 4 is 38.9 Å². The molecule has 21 heavy (non-hydrogen) atoms. The second-order valence-electron chi connectivity index (χ2n) is 5.45. The zero-order chi connectivity index (χ0) is 15.1. The van der Waals surface area contributed by atoms with Gasteiger partial charge < -0.3 is 19.6 Å². The highest BCUT2D eigenvalue weighted by molar-refractivity contribution is 9.10. The zero-order valence-corrected chi connectivity index (χ0v) is 14.3. The van der Waals surface area contributed by atoms with Gasteiger partial charge in [0.25, 0.3) is 5.91 Å². The molecule has 1 aromatic heterocycles. The minimum absolute atomic E-state index is 0.0924. The summed E-state index contributed by atoms with van der Waals surface area (Å²) in [5.41, 5.74) is 0. The largest absolute Gasteiger partial charge is 0.507 e. The molecule has 7 heteroatoms. The monoisotopic (exact) mass is 372 g/mol. The van der Waals surface area contributed by atoms with Gasteiger partial charge >= 0.3 is 0 Å². The van der Waals surface area contributed by atoms with Crippen molar-refractivity contribution in [3.8, 4) is 5.75 Å². The number of halogens is 1. The highest BCUT2D eigenvalue weighted by Gasteiger charge is 2.34. The number of nitrogens with zero attached hydrogens (tertiary/aromatic N) is 2. The van der Waals surface area contributed by atoms with Gasteiger partial charge in [0.05, 0.1) is 4.47 Å². The molecule has 2 aliphatic rings. The molecule has 1 amide bonds. The average Bonchev–Trinajstić information content (AvgIpc) is 2.83. The van der Waals surface area contributed by atoms with Gasteiger partial charge in [-0.15, -0.1) is 11.3 Å². The SMILES string of the molecule is CC1CN(C(=O)C2C=C(O)c3scc(Br)c3O2)CCN1C. The first-order valence-corrected chi connectivity index (χ1v) is 8.48. The minimum Gasteiger partial charge on any atom is -0.507 e. The number of carbonyl (C=O) groups excluding carboxylic acids is 1. The third kappa shape index (κ3) is 2.69. The molecule has 5 nitrogen and oxygen atoms in total. The fraction of sp³-hybridized carbons (Fsp3) is 0.500. The van der Waals surface area contributed by atoms with E-state index in [9.17, 15) is 9.90 Å². The number of ether oxygens (including phenoxy) is 1. The second-order valence-corrected chi connectivity index (χ2v) is 7.18. The number of fused-ring (bicyclic) bond motifs is 1. The highest BCUT2D eigenvalue weighted by atomic mass is 79.9. The van der Waals surface area contributed by atoms with Crippen LogP contribution in [0.5, 0.6) is 5.75 Å². The summed E-state index contributed by atoms with van der Waals surface area (Å²) in [6.45, 7) is 4.32. The quantitative estimate of drug-likeness (QED) is 0.821. The van der Waals surface area contributed by atoms with Crippen molar-refractivity contribution < 1.29 is 14.6 Å². The van der Waals surface area contributed by atoms with E-state index in [0.29, 0.717) is 29.8 Å². The summed E-state index contributed by atoms with van der Waals surface area (Å²) in [4.78, 5) is 17.3. The van der Waals surface area contributed by atoms with Crippen LogP contribution in [-0.4, -0.2) is 59.6 Å². The van der Waals surface area contributed by atoms with E-state index in [-0.39, 0.29) is 11.7 Å². The summed E-state index contributed by atoms with van der Waals surface area (Å²) >= 11 is 4.77. The van der Waals surface area contributed by atoms with Crippen LogP contribution in [-0.2, 0) is 4.79 Å². The Balaban J connectivity index is 1.78. The molecule has 0 aliphatic carbocycles. The Bertz CT molecular complexity index is 601. The van der Waals surface area contributed by atoms with Crippen LogP contribution in [0.15, 0.2) is 15.9 Å². The second kappa shape index (κ2) is 5.62. The molecule has 0 radical (unpaired) electrons. The van der Waals surface area contributed by atoms with Crippen LogP contribution in [0.3, 0.4) is 0 Å². The maximum absolute atomic E-state index is 12.6. The molecule has 1 aromatic rings. The van der Waals surface area contributed by atoms with Crippen molar-refractivity contribution in [3.63, 3.8) is 0 Å². The molecular weight excluding hydrogens is 356 g/mol. The molecule has 0 bridgehead atoms. The molecule has 0 aromatic carbocycles. The highest BCUT2D eigenvalue weighted by Crippen LogP contribution is 2.42. The van der Waals surface area contributed by atoms with Crippen LogP contribution < -0.4 is 4.74 Å². The van der Waals surface area contributed by atoms with Gasteiger partial charge in [0.15, 0.2) is 11.9 Å². The smallest absolute Gasteiger partial charge is 0.267 e. The van der Waals surface area contributed by atoms with E-state index in [1.54, 1.807) is 0 Å². The summed E-state index contributed by atoms with van der Waals surface area (Å²) in [7, 11) is 2.06. The van der Waals surface area contributed by atoms with Crippen LogP contribution in [0.4, 0.5) is 0 Å². The molecule has 0 saturated carbocycles. The van der Waals surface area contributed by atoms with Crippen LogP contribution >= 0.6 is 27.3 Å². The van der Waals surface area contributed by atoms with Gasteiger partial charge in [-0.3, -0.25) is 4.79 Å².